The zero-order valence-electron chi connectivity index (χ0n) is 10.8. The van der Waals surface area contributed by atoms with E-state index in [1.165, 1.54) is 13.2 Å². The molecule has 0 atom stereocenters. The van der Waals surface area contributed by atoms with Crippen molar-refractivity contribution in [2.75, 3.05) is 12.4 Å². The van der Waals surface area contributed by atoms with Gasteiger partial charge in [-0.1, -0.05) is 28.1 Å². The maximum Gasteiger partial charge on any atom is 0.165 e. The van der Waals surface area contributed by atoms with E-state index in [-0.39, 0.29) is 11.6 Å². The molecular weight excluding hydrogens is 309 g/mol. The first-order valence-electron chi connectivity index (χ1n) is 5.93. The molecule has 100 valence electrons. The maximum absolute atomic E-state index is 13.6. The van der Waals surface area contributed by atoms with Gasteiger partial charge in [-0.3, -0.25) is 0 Å². The Balaban J connectivity index is 2.10. The summed E-state index contributed by atoms with van der Waals surface area (Å²) in [4.78, 5) is 0. The van der Waals surface area contributed by atoms with E-state index < -0.39 is 0 Å². The van der Waals surface area contributed by atoms with Crippen molar-refractivity contribution in [1.82, 2.24) is 0 Å². The van der Waals surface area contributed by atoms with Crippen LogP contribution in [0.1, 0.15) is 11.1 Å². The van der Waals surface area contributed by atoms with Crippen LogP contribution in [0.3, 0.4) is 0 Å². The number of hydrogen-bond acceptors (Lipinski definition) is 2. The highest BCUT2D eigenvalue weighted by Gasteiger charge is 2.05. The van der Waals surface area contributed by atoms with Gasteiger partial charge in [0.05, 0.1) is 7.11 Å². The van der Waals surface area contributed by atoms with E-state index in [1.54, 1.807) is 6.07 Å². The third-order valence-corrected chi connectivity index (χ3v) is 3.83. The van der Waals surface area contributed by atoms with Crippen LogP contribution in [0.2, 0.25) is 0 Å². The fraction of sp³-hybridized carbons (Fsp3) is 0.200. The van der Waals surface area contributed by atoms with Crippen LogP contribution in [0, 0.1) is 12.7 Å². The van der Waals surface area contributed by atoms with Crippen molar-refractivity contribution in [3.05, 3.63) is 57.8 Å². The molecule has 0 amide bonds. The molecule has 0 bridgehead atoms. The molecule has 2 aromatic rings. The van der Waals surface area contributed by atoms with Gasteiger partial charge >= 0.3 is 0 Å². The maximum atomic E-state index is 13.6. The van der Waals surface area contributed by atoms with Gasteiger partial charge in [0.2, 0.25) is 0 Å². The predicted molar refractivity (Wildman–Crippen MR) is 79.2 cm³/mol. The van der Waals surface area contributed by atoms with E-state index in [0.717, 1.165) is 21.3 Å². The first-order chi connectivity index (χ1) is 9.11. The number of anilines is 1. The van der Waals surface area contributed by atoms with Crippen LogP contribution in [-0.2, 0) is 6.54 Å². The molecule has 4 heteroatoms. The van der Waals surface area contributed by atoms with Gasteiger partial charge < -0.3 is 10.1 Å². The molecule has 2 aromatic carbocycles. The number of halogens is 2. The second kappa shape index (κ2) is 6.06. The number of ether oxygens (including phenoxy) is 1. The minimum atomic E-state index is -0.340. The quantitative estimate of drug-likeness (QED) is 0.893. The van der Waals surface area contributed by atoms with Crippen molar-refractivity contribution >= 4 is 21.6 Å². The Morgan fingerprint density at radius 3 is 2.74 bits per heavy atom. The van der Waals surface area contributed by atoms with Crippen molar-refractivity contribution in [3.63, 3.8) is 0 Å². The lowest BCUT2D eigenvalue weighted by Crippen LogP contribution is -2.02. The molecule has 0 spiro atoms. The highest BCUT2D eigenvalue weighted by molar-refractivity contribution is 9.10. The molecule has 0 heterocycles. The normalized spacial score (nSPS) is 10.3. The Labute approximate surface area is 120 Å². The van der Waals surface area contributed by atoms with Gasteiger partial charge in [0, 0.05) is 16.7 Å². The third kappa shape index (κ3) is 3.26. The molecule has 0 saturated heterocycles. The second-order valence-corrected chi connectivity index (χ2v) is 5.09. The summed E-state index contributed by atoms with van der Waals surface area (Å²) in [6.07, 6.45) is 0. The molecule has 1 N–H and O–H groups in total. The minimum absolute atomic E-state index is 0.266. The highest BCUT2D eigenvalue weighted by atomic mass is 79.9. The van der Waals surface area contributed by atoms with Crippen LogP contribution in [-0.4, -0.2) is 7.11 Å². The Hall–Kier alpha value is -1.55. The largest absolute Gasteiger partial charge is 0.494 e. The van der Waals surface area contributed by atoms with E-state index in [4.69, 9.17) is 4.74 Å². The van der Waals surface area contributed by atoms with Crippen molar-refractivity contribution in [2.24, 2.45) is 0 Å². The number of methoxy groups -OCH3 is 1. The standard InChI is InChI=1S/C15H15BrFNO/c1-10-12(16)4-3-5-14(10)18-9-11-6-7-15(19-2)13(17)8-11/h3-8,18H,9H2,1-2H3. The first kappa shape index (κ1) is 13.9. The fourth-order valence-electron chi connectivity index (χ4n) is 1.82. The van der Waals surface area contributed by atoms with Gasteiger partial charge in [0.15, 0.2) is 11.6 Å². The molecule has 0 aliphatic rings. The molecule has 0 aliphatic carbocycles. The molecule has 0 radical (unpaired) electrons. The summed E-state index contributed by atoms with van der Waals surface area (Å²) in [7, 11) is 1.46. The van der Waals surface area contributed by atoms with Gasteiger partial charge in [-0.05, 0) is 42.3 Å². The molecule has 0 saturated carbocycles. The van der Waals surface area contributed by atoms with Gasteiger partial charge in [0.1, 0.15) is 0 Å². The average molecular weight is 324 g/mol. The van der Waals surface area contributed by atoms with Gasteiger partial charge in [-0.15, -0.1) is 0 Å². The SMILES string of the molecule is COc1ccc(CNc2cccc(Br)c2C)cc1F. The van der Waals surface area contributed by atoms with Crippen molar-refractivity contribution in [2.45, 2.75) is 13.5 Å². The summed E-state index contributed by atoms with van der Waals surface area (Å²) < 4.78 is 19.5. The third-order valence-electron chi connectivity index (χ3n) is 2.97. The van der Waals surface area contributed by atoms with Crippen LogP contribution in [0.5, 0.6) is 5.75 Å². The number of rotatable bonds is 4. The number of nitrogens with one attached hydrogen (secondary N) is 1. The molecule has 2 nitrogen and oxygen atoms in total. The van der Waals surface area contributed by atoms with Gasteiger partial charge in [-0.25, -0.2) is 4.39 Å². The summed E-state index contributed by atoms with van der Waals surface area (Å²) in [5, 5.41) is 3.30. The fourth-order valence-corrected chi connectivity index (χ4v) is 2.18. The minimum Gasteiger partial charge on any atom is -0.494 e. The molecule has 2 rings (SSSR count). The van der Waals surface area contributed by atoms with E-state index in [2.05, 4.69) is 21.2 Å². The van der Waals surface area contributed by atoms with E-state index in [1.807, 2.05) is 31.2 Å². The molecular formula is C15H15BrFNO. The summed E-state index contributed by atoms with van der Waals surface area (Å²) in [6, 6.07) is 10.9. The Morgan fingerprint density at radius 2 is 2.05 bits per heavy atom. The summed E-state index contributed by atoms with van der Waals surface area (Å²) in [5.74, 6) is -0.0739. The number of benzene rings is 2. The first-order valence-corrected chi connectivity index (χ1v) is 6.72. The smallest absolute Gasteiger partial charge is 0.165 e. The van der Waals surface area contributed by atoms with Crippen LogP contribution >= 0.6 is 15.9 Å². The van der Waals surface area contributed by atoms with E-state index in [9.17, 15) is 4.39 Å². The van der Waals surface area contributed by atoms with E-state index >= 15 is 0 Å². The Bertz CT molecular complexity index is 586. The van der Waals surface area contributed by atoms with Gasteiger partial charge in [-0.2, -0.15) is 0 Å². The molecule has 0 fully saturated rings. The Morgan fingerprint density at radius 1 is 1.26 bits per heavy atom. The molecule has 0 unspecified atom stereocenters. The van der Waals surface area contributed by atoms with Crippen LogP contribution < -0.4 is 10.1 Å². The van der Waals surface area contributed by atoms with Gasteiger partial charge in [0.25, 0.3) is 0 Å². The Kier molecular flexibility index (Phi) is 4.43. The second-order valence-electron chi connectivity index (χ2n) is 4.23. The van der Waals surface area contributed by atoms with Crippen molar-refractivity contribution in [1.29, 1.82) is 0 Å². The van der Waals surface area contributed by atoms with Crippen LogP contribution in [0.15, 0.2) is 40.9 Å². The summed E-state index contributed by atoms with van der Waals surface area (Å²) in [6.45, 7) is 2.60. The van der Waals surface area contributed by atoms with Crippen molar-refractivity contribution < 1.29 is 9.13 Å². The molecule has 0 aliphatic heterocycles. The lowest BCUT2D eigenvalue weighted by Gasteiger charge is -2.11. The zero-order valence-corrected chi connectivity index (χ0v) is 12.4. The van der Waals surface area contributed by atoms with Crippen molar-refractivity contribution in [3.8, 4) is 5.75 Å². The van der Waals surface area contributed by atoms with E-state index in [0.29, 0.717) is 6.54 Å². The average Bonchev–Trinajstić information content (AvgIpc) is 2.40. The topological polar surface area (TPSA) is 21.3 Å². The summed E-state index contributed by atoms with van der Waals surface area (Å²) in [5.41, 5.74) is 3.04. The zero-order chi connectivity index (χ0) is 13.8. The summed E-state index contributed by atoms with van der Waals surface area (Å²) >= 11 is 3.49. The molecule has 0 aromatic heterocycles. The number of hydrogen-bond donors (Lipinski definition) is 1. The van der Waals surface area contributed by atoms with Crippen LogP contribution in [0.25, 0.3) is 0 Å². The monoisotopic (exact) mass is 323 g/mol. The highest BCUT2D eigenvalue weighted by Crippen LogP contribution is 2.24. The lowest BCUT2D eigenvalue weighted by molar-refractivity contribution is 0.386. The predicted octanol–water partition coefficient (Wildman–Crippen LogP) is 4.52. The molecule has 19 heavy (non-hydrogen) atoms. The van der Waals surface area contributed by atoms with Crippen LogP contribution in [0.4, 0.5) is 10.1 Å². The lowest BCUT2D eigenvalue weighted by atomic mass is 10.1.